The third-order valence-electron chi connectivity index (χ3n) is 4.21. The second-order valence-electron chi connectivity index (χ2n) is 6.05. The van der Waals surface area contributed by atoms with Crippen LogP contribution < -0.4 is 0 Å². The molecule has 112 valence electrons. The molecule has 22 heavy (non-hydrogen) atoms. The van der Waals surface area contributed by atoms with Gasteiger partial charge in [-0.25, -0.2) is 0 Å². The van der Waals surface area contributed by atoms with Crippen LogP contribution in [0.2, 0.25) is 0 Å². The Kier molecular flexibility index (Phi) is 3.61. The van der Waals surface area contributed by atoms with Gasteiger partial charge in [0.1, 0.15) is 0 Å². The van der Waals surface area contributed by atoms with Gasteiger partial charge in [-0.2, -0.15) is 0 Å². The molecular weight excluding hydrogens is 292 g/mol. The highest BCUT2D eigenvalue weighted by Crippen LogP contribution is 2.52. The highest BCUT2D eigenvalue weighted by Gasteiger charge is 2.46. The normalized spacial score (nSPS) is 18.0. The zero-order valence-corrected chi connectivity index (χ0v) is 13.7. The van der Waals surface area contributed by atoms with Crippen LogP contribution in [0.5, 0.6) is 0 Å². The van der Waals surface area contributed by atoms with Gasteiger partial charge in [-0.3, -0.25) is 9.00 Å². The molecule has 3 rings (SSSR count). The summed E-state index contributed by atoms with van der Waals surface area (Å²) in [7, 11) is -1.00. The third-order valence-corrected chi connectivity index (χ3v) is 5.14. The number of carbonyl (C=O) groups excluding carboxylic acids is 1. The van der Waals surface area contributed by atoms with Crippen molar-refractivity contribution in [3.8, 4) is 0 Å². The standard InChI is InChI=1S/C19H18O2S/c1-19(2)17(14-7-5-4-6-8-14)16(18(19)20)13-9-11-15(12-10-13)22(3)21/h4-12H,1-3H3. The van der Waals surface area contributed by atoms with Crippen LogP contribution in [0.4, 0.5) is 0 Å². The lowest BCUT2D eigenvalue weighted by molar-refractivity contribution is -0.120. The average Bonchev–Trinajstić information content (AvgIpc) is 2.52. The number of hydrogen-bond donors (Lipinski definition) is 0. The summed E-state index contributed by atoms with van der Waals surface area (Å²) in [5, 5.41) is 0. The number of rotatable bonds is 3. The van der Waals surface area contributed by atoms with Crippen molar-refractivity contribution in [2.24, 2.45) is 5.41 Å². The fraction of sp³-hybridized carbons (Fsp3) is 0.211. The molecule has 1 aliphatic rings. The van der Waals surface area contributed by atoms with E-state index >= 15 is 0 Å². The van der Waals surface area contributed by atoms with Crippen molar-refractivity contribution < 1.29 is 9.00 Å². The Balaban J connectivity index is 2.14. The van der Waals surface area contributed by atoms with Crippen molar-refractivity contribution in [1.82, 2.24) is 0 Å². The minimum absolute atomic E-state index is 0.164. The van der Waals surface area contributed by atoms with E-state index in [-0.39, 0.29) is 5.78 Å². The molecule has 1 aliphatic carbocycles. The first-order valence-electron chi connectivity index (χ1n) is 7.22. The molecule has 0 aromatic heterocycles. The molecule has 0 spiro atoms. The summed E-state index contributed by atoms with van der Waals surface area (Å²) in [6.45, 7) is 3.94. The Morgan fingerprint density at radius 3 is 2.00 bits per heavy atom. The van der Waals surface area contributed by atoms with E-state index in [9.17, 15) is 9.00 Å². The number of carbonyl (C=O) groups is 1. The maximum absolute atomic E-state index is 12.6. The Morgan fingerprint density at radius 1 is 0.864 bits per heavy atom. The predicted octanol–water partition coefficient (Wildman–Crippen LogP) is 3.94. The van der Waals surface area contributed by atoms with Crippen LogP contribution >= 0.6 is 0 Å². The molecule has 2 aromatic carbocycles. The molecule has 0 heterocycles. The van der Waals surface area contributed by atoms with Gasteiger partial charge < -0.3 is 0 Å². The molecule has 0 amide bonds. The van der Waals surface area contributed by atoms with Crippen molar-refractivity contribution in [3.05, 3.63) is 65.7 Å². The Hall–Kier alpha value is -2.00. The van der Waals surface area contributed by atoms with Crippen LogP contribution in [0.3, 0.4) is 0 Å². The molecule has 0 aliphatic heterocycles. The number of benzene rings is 2. The Labute approximate surface area is 133 Å². The maximum Gasteiger partial charge on any atom is 0.173 e. The van der Waals surface area contributed by atoms with Crippen LogP contribution in [0, 0.1) is 5.41 Å². The first kappa shape index (κ1) is 14.9. The summed E-state index contributed by atoms with van der Waals surface area (Å²) in [6, 6.07) is 17.5. The smallest absolute Gasteiger partial charge is 0.173 e. The van der Waals surface area contributed by atoms with Gasteiger partial charge in [0.15, 0.2) is 5.78 Å². The fourth-order valence-electron chi connectivity index (χ4n) is 2.99. The number of allylic oxidation sites excluding steroid dienone is 2. The zero-order valence-electron chi connectivity index (χ0n) is 12.9. The number of ketones is 1. The summed E-state index contributed by atoms with van der Waals surface area (Å²) < 4.78 is 11.5. The molecule has 1 unspecified atom stereocenters. The molecule has 0 N–H and O–H groups in total. The first-order valence-corrected chi connectivity index (χ1v) is 8.77. The maximum atomic E-state index is 12.6. The first-order chi connectivity index (χ1) is 10.4. The minimum Gasteiger partial charge on any atom is -0.293 e. The van der Waals surface area contributed by atoms with E-state index in [1.54, 1.807) is 6.26 Å². The SMILES string of the molecule is CS(=O)c1ccc(C2=C(c3ccccc3)C(C)(C)C2=O)cc1. The van der Waals surface area contributed by atoms with Crippen molar-refractivity contribution >= 4 is 27.7 Å². The van der Waals surface area contributed by atoms with E-state index in [0.717, 1.165) is 27.2 Å². The monoisotopic (exact) mass is 310 g/mol. The molecule has 3 heteroatoms. The van der Waals surface area contributed by atoms with Gasteiger partial charge in [-0.15, -0.1) is 0 Å². The summed E-state index contributed by atoms with van der Waals surface area (Å²) in [5.41, 5.74) is 3.40. The zero-order chi connectivity index (χ0) is 15.9. The van der Waals surface area contributed by atoms with Crippen LogP contribution in [-0.2, 0) is 15.6 Å². The fourth-order valence-corrected chi connectivity index (χ4v) is 3.51. The van der Waals surface area contributed by atoms with Crippen LogP contribution in [0.25, 0.3) is 11.1 Å². The van der Waals surface area contributed by atoms with E-state index in [1.807, 2.05) is 68.4 Å². The topological polar surface area (TPSA) is 34.1 Å². The highest BCUT2D eigenvalue weighted by atomic mass is 32.2. The van der Waals surface area contributed by atoms with Crippen LogP contribution in [-0.4, -0.2) is 16.2 Å². The molecule has 0 radical (unpaired) electrons. The summed E-state index contributed by atoms with van der Waals surface area (Å²) in [4.78, 5) is 13.3. The van der Waals surface area contributed by atoms with Gasteiger partial charge in [0.25, 0.3) is 0 Å². The quantitative estimate of drug-likeness (QED) is 0.860. The van der Waals surface area contributed by atoms with Gasteiger partial charge >= 0.3 is 0 Å². The predicted molar refractivity (Wildman–Crippen MR) is 90.8 cm³/mol. The van der Waals surface area contributed by atoms with Crippen molar-refractivity contribution in [1.29, 1.82) is 0 Å². The summed E-state index contributed by atoms with van der Waals surface area (Å²) in [5.74, 6) is 0.164. The molecule has 0 saturated carbocycles. The molecule has 2 nitrogen and oxygen atoms in total. The van der Waals surface area contributed by atoms with E-state index < -0.39 is 16.2 Å². The minimum atomic E-state index is -1.00. The van der Waals surface area contributed by atoms with Crippen molar-refractivity contribution in [2.45, 2.75) is 18.7 Å². The average molecular weight is 310 g/mol. The lowest BCUT2D eigenvalue weighted by Gasteiger charge is -2.39. The lowest BCUT2D eigenvalue weighted by atomic mass is 9.61. The van der Waals surface area contributed by atoms with Gasteiger partial charge in [-0.05, 0) is 42.7 Å². The van der Waals surface area contributed by atoms with Crippen LogP contribution in [0.1, 0.15) is 25.0 Å². The number of Topliss-reactive ketones (excluding diaryl/α,β-unsaturated/α-hetero) is 1. The van der Waals surface area contributed by atoms with Gasteiger partial charge in [0.05, 0.1) is 5.41 Å². The summed E-state index contributed by atoms with van der Waals surface area (Å²) >= 11 is 0. The molecule has 2 aromatic rings. The Morgan fingerprint density at radius 2 is 1.45 bits per heavy atom. The van der Waals surface area contributed by atoms with Gasteiger partial charge in [0.2, 0.25) is 0 Å². The molecular formula is C19H18O2S. The Bertz CT molecular complexity index is 784. The van der Waals surface area contributed by atoms with Gasteiger partial charge in [-0.1, -0.05) is 42.5 Å². The lowest BCUT2D eigenvalue weighted by Crippen LogP contribution is -2.37. The van der Waals surface area contributed by atoms with E-state index in [0.29, 0.717) is 0 Å². The molecule has 1 atom stereocenters. The van der Waals surface area contributed by atoms with Crippen molar-refractivity contribution in [2.75, 3.05) is 6.26 Å². The van der Waals surface area contributed by atoms with Crippen molar-refractivity contribution in [3.63, 3.8) is 0 Å². The van der Waals surface area contributed by atoms with Gasteiger partial charge in [0, 0.05) is 27.5 Å². The van der Waals surface area contributed by atoms with E-state index in [4.69, 9.17) is 0 Å². The van der Waals surface area contributed by atoms with E-state index in [2.05, 4.69) is 0 Å². The largest absolute Gasteiger partial charge is 0.293 e. The highest BCUT2D eigenvalue weighted by molar-refractivity contribution is 7.84. The second-order valence-corrected chi connectivity index (χ2v) is 7.43. The molecule has 0 saturated heterocycles. The summed E-state index contributed by atoms with van der Waals surface area (Å²) in [6.07, 6.45) is 1.65. The second kappa shape index (κ2) is 5.33. The molecule has 0 fully saturated rings. The van der Waals surface area contributed by atoms with E-state index in [1.165, 1.54) is 0 Å². The third kappa shape index (κ3) is 2.26. The molecule has 0 bridgehead atoms. The number of hydrogen-bond acceptors (Lipinski definition) is 2. The van der Waals surface area contributed by atoms with Crippen LogP contribution in [0.15, 0.2) is 59.5 Å².